The summed E-state index contributed by atoms with van der Waals surface area (Å²) in [4.78, 5) is 16.9. The lowest BCUT2D eigenvalue weighted by Gasteiger charge is -2.12. The molecule has 0 fully saturated rings. The largest absolute Gasteiger partial charge is 0.482 e. The first-order valence-electron chi connectivity index (χ1n) is 9.35. The number of rotatable bonds is 5. The number of anilines is 1. The Labute approximate surface area is 197 Å². The van der Waals surface area contributed by atoms with Crippen LogP contribution in [0.3, 0.4) is 0 Å². The molecule has 0 unspecified atom stereocenters. The zero-order valence-corrected chi connectivity index (χ0v) is 19.7. The number of carbonyl (C=O) groups excluding carboxylic acids is 1. The van der Waals surface area contributed by atoms with Gasteiger partial charge < -0.3 is 14.5 Å². The SMILES string of the molecule is Cc1cc(C)c(OCC(=O)Nc2ccc3oc(-c4ccc(Cl)c(Cl)c4)nc3c2)c(Br)c1. The van der Waals surface area contributed by atoms with Crippen LogP contribution in [0.25, 0.3) is 22.6 Å². The van der Waals surface area contributed by atoms with Gasteiger partial charge in [-0.1, -0.05) is 29.3 Å². The van der Waals surface area contributed by atoms with Crippen molar-refractivity contribution in [3.05, 3.63) is 74.2 Å². The molecular formula is C23H17BrCl2N2O3. The molecule has 31 heavy (non-hydrogen) atoms. The number of halogens is 3. The zero-order valence-electron chi connectivity index (χ0n) is 16.6. The van der Waals surface area contributed by atoms with E-state index in [0.29, 0.717) is 44.0 Å². The highest BCUT2D eigenvalue weighted by molar-refractivity contribution is 9.10. The summed E-state index contributed by atoms with van der Waals surface area (Å²) in [6.07, 6.45) is 0. The summed E-state index contributed by atoms with van der Waals surface area (Å²) in [5.74, 6) is 0.790. The van der Waals surface area contributed by atoms with Gasteiger partial charge in [0.2, 0.25) is 5.89 Å². The molecule has 158 valence electrons. The molecule has 1 N–H and O–H groups in total. The molecule has 3 aromatic carbocycles. The number of aromatic nitrogens is 1. The fourth-order valence-corrected chi connectivity index (χ4v) is 4.26. The number of fused-ring (bicyclic) bond motifs is 1. The van der Waals surface area contributed by atoms with Crippen LogP contribution in [-0.4, -0.2) is 17.5 Å². The van der Waals surface area contributed by atoms with Crippen LogP contribution in [0.5, 0.6) is 5.75 Å². The first kappa shape index (κ1) is 21.7. The number of hydrogen-bond acceptors (Lipinski definition) is 4. The van der Waals surface area contributed by atoms with E-state index in [0.717, 1.165) is 15.6 Å². The third-order valence-corrected chi connectivity index (χ3v) is 5.89. The molecule has 0 aliphatic carbocycles. The summed E-state index contributed by atoms with van der Waals surface area (Å²) in [7, 11) is 0. The number of aryl methyl sites for hydroxylation is 2. The van der Waals surface area contributed by atoms with Crippen molar-refractivity contribution < 1.29 is 13.9 Å². The molecule has 0 saturated carbocycles. The summed E-state index contributed by atoms with van der Waals surface area (Å²) in [6.45, 7) is 3.82. The lowest BCUT2D eigenvalue weighted by molar-refractivity contribution is -0.118. The average Bonchev–Trinajstić information content (AvgIpc) is 3.12. The van der Waals surface area contributed by atoms with Gasteiger partial charge in [-0.3, -0.25) is 4.79 Å². The van der Waals surface area contributed by atoms with E-state index >= 15 is 0 Å². The highest BCUT2D eigenvalue weighted by Gasteiger charge is 2.13. The lowest BCUT2D eigenvalue weighted by Crippen LogP contribution is -2.20. The first-order chi connectivity index (χ1) is 14.8. The van der Waals surface area contributed by atoms with Crippen molar-refractivity contribution in [2.24, 2.45) is 0 Å². The zero-order chi connectivity index (χ0) is 22.1. The van der Waals surface area contributed by atoms with Crippen LogP contribution in [0.1, 0.15) is 11.1 Å². The fraction of sp³-hybridized carbons (Fsp3) is 0.130. The Balaban J connectivity index is 1.47. The van der Waals surface area contributed by atoms with Crippen molar-refractivity contribution in [2.45, 2.75) is 13.8 Å². The molecule has 0 atom stereocenters. The summed E-state index contributed by atoms with van der Waals surface area (Å²) < 4.78 is 12.3. The van der Waals surface area contributed by atoms with Crippen molar-refractivity contribution >= 4 is 61.8 Å². The fourth-order valence-electron chi connectivity index (χ4n) is 3.18. The van der Waals surface area contributed by atoms with Crippen LogP contribution in [0.4, 0.5) is 5.69 Å². The minimum absolute atomic E-state index is 0.117. The Morgan fingerprint density at radius 1 is 1.10 bits per heavy atom. The summed E-state index contributed by atoms with van der Waals surface area (Å²) in [5, 5.41) is 3.70. The maximum Gasteiger partial charge on any atom is 0.262 e. The lowest BCUT2D eigenvalue weighted by atomic mass is 10.1. The van der Waals surface area contributed by atoms with Crippen molar-refractivity contribution in [1.82, 2.24) is 4.98 Å². The molecular weight excluding hydrogens is 503 g/mol. The minimum atomic E-state index is -0.278. The van der Waals surface area contributed by atoms with Crippen LogP contribution >= 0.6 is 39.1 Å². The second-order valence-corrected chi connectivity index (χ2v) is 8.73. The van der Waals surface area contributed by atoms with Crippen molar-refractivity contribution in [3.63, 3.8) is 0 Å². The monoisotopic (exact) mass is 518 g/mol. The minimum Gasteiger partial charge on any atom is -0.482 e. The molecule has 1 heterocycles. The second-order valence-electron chi connectivity index (χ2n) is 7.06. The quantitative estimate of drug-likeness (QED) is 0.303. The van der Waals surface area contributed by atoms with Crippen LogP contribution in [0.15, 0.2) is 57.4 Å². The van der Waals surface area contributed by atoms with Crippen molar-refractivity contribution in [2.75, 3.05) is 11.9 Å². The summed E-state index contributed by atoms with van der Waals surface area (Å²) in [6, 6.07) is 14.4. The Hall–Kier alpha value is -2.54. The Kier molecular flexibility index (Phi) is 6.23. The Bertz CT molecular complexity index is 1280. The number of benzene rings is 3. The molecule has 0 spiro atoms. The van der Waals surface area contributed by atoms with Gasteiger partial charge in [-0.05, 0) is 83.4 Å². The van der Waals surface area contributed by atoms with Crippen molar-refractivity contribution in [3.8, 4) is 17.2 Å². The number of ether oxygens (including phenoxy) is 1. The molecule has 0 aliphatic heterocycles. The molecule has 1 aromatic heterocycles. The van der Waals surface area contributed by atoms with Crippen molar-refractivity contribution in [1.29, 1.82) is 0 Å². The highest BCUT2D eigenvalue weighted by Crippen LogP contribution is 2.32. The maximum absolute atomic E-state index is 12.4. The standard InChI is InChI=1S/C23H17BrCl2N2O3/c1-12-7-13(2)22(16(24)8-12)30-11-21(29)27-15-4-6-20-19(10-15)28-23(31-20)14-3-5-17(25)18(26)9-14/h3-10H,11H2,1-2H3,(H,27,29). The van der Waals surface area contributed by atoms with E-state index in [1.165, 1.54) is 0 Å². The summed E-state index contributed by atoms with van der Waals surface area (Å²) in [5.41, 5.74) is 4.57. The number of amides is 1. The number of carbonyl (C=O) groups is 1. The van der Waals surface area contributed by atoms with Gasteiger partial charge in [0.25, 0.3) is 5.91 Å². The van der Waals surface area contributed by atoms with E-state index < -0.39 is 0 Å². The molecule has 8 heteroatoms. The van der Waals surface area contributed by atoms with Gasteiger partial charge in [0.05, 0.1) is 14.5 Å². The Morgan fingerprint density at radius 3 is 2.65 bits per heavy atom. The van der Waals surface area contributed by atoms with Crippen LogP contribution < -0.4 is 10.1 Å². The molecule has 4 rings (SSSR count). The van der Waals surface area contributed by atoms with Gasteiger partial charge in [0.1, 0.15) is 11.3 Å². The summed E-state index contributed by atoms with van der Waals surface area (Å²) >= 11 is 15.5. The predicted octanol–water partition coefficient (Wildman–Crippen LogP) is 7.20. The van der Waals surface area contributed by atoms with Gasteiger partial charge in [0.15, 0.2) is 12.2 Å². The smallest absolute Gasteiger partial charge is 0.262 e. The number of oxazole rings is 1. The Morgan fingerprint density at radius 2 is 1.90 bits per heavy atom. The second kappa shape index (κ2) is 8.91. The van der Waals surface area contributed by atoms with Gasteiger partial charge in [-0.25, -0.2) is 4.98 Å². The third kappa shape index (κ3) is 4.87. The number of nitrogens with zero attached hydrogens (tertiary/aromatic N) is 1. The van der Waals surface area contributed by atoms with E-state index in [1.807, 2.05) is 26.0 Å². The first-order valence-corrected chi connectivity index (χ1v) is 10.9. The van der Waals surface area contributed by atoms with Gasteiger partial charge in [-0.15, -0.1) is 0 Å². The van der Waals surface area contributed by atoms with E-state index in [1.54, 1.807) is 36.4 Å². The molecule has 0 saturated heterocycles. The molecule has 5 nitrogen and oxygen atoms in total. The topological polar surface area (TPSA) is 64.4 Å². The normalized spacial score (nSPS) is 11.0. The highest BCUT2D eigenvalue weighted by atomic mass is 79.9. The average molecular weight is 520 g/mol. The van der Waals surface area contributed by atoms with Gasteiger partial charge >= 0.3 is 0 Å². The third-order valence-electron chi connectivity index (χ3n) is 4.56. The van der Waals surface area contributed by atoms with E-state index in [2.05, 4.69) is 26.2 Å². The van der Waals surface area contributed by atoms with E-state index in [4.69, 9.17) is 32.4 Å². The molecule has 0 bridgehead atoms. The predicted molar refractivity (Wildman–Crippen MR) is 127 cm³/mol. The molecule has 0 radical (unpaired) electrons. The maximum atomic E-state index is 12.4. The molecule has 4 aromatic rings. The van der Waals surface area contributed by atoms with Crippen LogP contribution in [0.2, 0.25) is 10.0 Å². The van der Waals surface area contributed by atoms with Gasteiger partial charge in [-0.2, -0.15) is 0 Å². The number of hydrogen-bond donors (Lipinski definition) is 1. The number of nitrogens with one attached hydrogen (secondary N) is 1. The van der Waals surface area contributed by atoms with E-state index in [9.17, 15) is 4.79 Å². The van der Waals surface area contributed by atoms with E-state index in [-0.39, 0.29) is 12.5 Å². The van der Waals surface area contributed by atoms with Gasteiger partial charge in [0, 0.05) is 11.3 Å². The van der Waals surface area contributed by atoms with Crippen LogP contribution in [0, 0.1) is 13.8 Å². The van der Waals surface area contributed by atoms with Crippen LogP contribution in [-0.2, 0) is 4.79 Å². The molecule has 1 amide bonds. The molecule has 0 aliphatic rings.